The van der Waals surface area contributed by atoms with Crippen molar-refractivity contribution in [3.8, 4) is 0 Å². The molecule has 7 heteroatoms. The monoisotopic (exact) mass is 393 g/mol. The second kappa shape index (κ2) is 8.31. The normalized spacial score (nSPS) is 17.3. The Hall–Kier alpha value is -1.72. The fraction of sp³-hybridized carbons (Fsp3) is 0.474. The zero-order valence-electron chi connectivity index (χ0n) is 15.4. The van der Waals surface area contributed by atoms with Gasteiger partial charge in [0.05, 0.1) is 5.69 Å². The molecule has 1 unspecified atom stereocenters. The van der Waals surface area contributed by atoms with Crippen molar-refractivity contribution in [1.29, 1.82) is 0 Å². The third kappa shape index (κ3) is 4.51. The second-order valence-corrected chi connectivity index (χ2v) is 7.76. The third-order valence-corrected chi connectivity index (χ3v) is 5.24. The minimum Gasteiger partial charge on any atom is -0.353 e. The van der Waals surface area contributed by atoms with E-state index in [1.165, 1.54) is 11.3 Å². The maximum absolute atomic E-state index is 6.24. The highest BCUT2D eigenvalue weighted by atomic mass is 35.5. The van der Waals surface area contributed by atoms with Gasteiger partial charge in [-0.1, -0.05) is 29.3 Å². The molecular formula is C19H25Cl2N5. The Labute approximate surface area is 164 Å². The van der Waals surface area contributed by atoms with Crippen LogP contribution in [0.25, 0.3) is 0 Å². The van der Waals surface area contributed by atoms with Crippen molar-refractivity contribution in [2.75, 3.05) is 7.05 Å². The summed E-state index contributed by atoms with van der Waals surface area (Å²) in [4.78, 5) is 4.33. The summed E-state index contributed by atoms with van der Waals surface area (Å²) in [7, 11) is 1.78. The van der Waals surface area contributed by atoms with Gasteiger partial charge in [-0.3, -0.25) is 9.67 Å². The third-order valence-electron chi connectivity index (χ3n) is 4.65. The summed E-state index contributed by atoms with van der Waals surface area (Å²) in [6, 6.07) is 6.24. The molecular weight excluding hydrogens is 369 g/mol. The Bertz CT molecular complexity index is 797. The highest BCUT2D eigenvalue weighted by molar-refractivity contribution is 6.35. The molecule has 1 aromatic carbocycles. The number of aryl methyl sites for hydroxylation is 1. The molecule has 5 nitrogen and oxygen atoms in total. The summed E-state index contributed by atoms with van der Waals surface area (Å²) < 4.78 is 2.06. The summed E-state index contributed by atoms with van der Waals surface area (Å²) >= 11 is 12.2. The van der Waals surface area contributed by atoms with E-state index < -0.39 is 0 Å². The summed E-state index contributed by atoms with van der Waals surface area (Å²) in [6.45, 7) is 4.90. The van der Waals surface area contributed by atoms with Crippen molar-refractivity contribution in [3.63, 3.8) is 0 Å². The fourth-order valence-electron chi connectivity index (χ4n) is 3.13. The summed E-state index contributed by atoms with van der Waals surface area (Å²) in [5, 5.41) is 12.9. The molecule has 0 aliphatic heterocycles. The zero-order chi connectivity index (χ0) is 18.7. The first-order valence-corrected chi connectivity index (χ1v) is 9.70. The molecule has 0 radical (unpaired) electrons. The van der Waals surface area contributed by atoms with Crippen molar-refractivity contribution < 1.29 is 0 Å². The molecule has 1 aliphatic carbocycles. The molecule has 1 aliphatic rings. The van der Waals surface area contributed by atoms with Crippen LogP contribution in [0.1, 0.15) is 43.1 Å². The molecule has 1 aromatic heterocycles. The Kier molecular flexibility index (Phi) is 6.09. The molecule has 26 heavy (non-hydrogen) atoms. The molecule has 140 valence electrons. The molecule has 1 heterocycles. The molecule has 2 aromatic rings. The van der Waals surface area contributed by atoms with Crippen LogP contribution in [0.4, 0.5) is 0 Å². The molecule has 0 amide bonds. The van der Waals surface area contributed by atoms with Gasteiger partial charge < -0.3 is 10.6 Å². The number of aromatic nitrogens is 2. The average Bonchev–Trinajstić information content (AvgIpc) is 3.03. The van der Waals surface area contributed by atoms with E-state index in [2.05, 4.69) is 40.4 Å². The van der Waals surface area contributed by atoms with Crippen LogP contribution in [0.5, 0.6) is 0 Å². The Morgan fingerprint density at radius 2 is 2.19 bits per heavy atom. The minimum absolute atomic E-state index is 0.324. The summed E-state index contributed by atoms with van der Waals surface area (Å²) in [5.41, 5.74) is 3.55. The van der Waals surface area contributed by atoms with Gasteiger partial charge in [-0.2, -0.15) is 5.10 Å². The number of halogens is 2. The lowest BCUT2D eigenvalue weighted by atomic mass is 9.94. The number of fused-ring (bicyclic) bond motifs is 1. The van der Waals surface area contributed by atoms with Gasteiger partial charge in [-0.25, -0.2) is 0 Å². The largest absolute Gasteiger partial charge is 0.353 e. The van der Waals surface area contributed by atoms with Crippen LogP contribution >= 0.6 is 23.2 Å². The molecule has 2 N–H and O–H groups in total. The summed E-state index contributed by atoms with van der Waals surface area (Å²) in [5.74, 6) is 0.771. The van der Waals surface area contributed by atoms with E-state index in [9.17, 15) is 0 Å². The molecule has 3 rings (SSSR count). The minimum atomic E-state index is 0.324. The molecule has 0 spiro atoms. The Balaban J connectivity index is 1.58. The number of benzene rings is 1. The first kappa shape index (κ1) is 19.1. The number of hydrogen-bond acceptors (Lipinski definition) is 2. The van der Waals surface area contributed by atoms with E-state index in [-0.39, 0.29) is 0 Å². The van der Waals surface area contributed by atoms with Crippen molar-refractivity contribution in [1.82, 2.24) is 20.4 Å². The van der Waals surface area contributed by atoms with Crippen LogP contribution in [0, 0.1) is 0 Å². The van der Waals surface area contributed by atoms with Gasteiger partial charge in [-0.05, 0) is 49.9 Å². The number of guanidine groups is 1. The predicted molar refractivity (Wildman–Crippen MR) is 108 cm³/mol. The lowest BCUT2D eigenvalue weighted by molar-refractivity contribution is 0.499. The van der Waals surface area contributed by atoms with Crippen LogP contribution in [-0.4, -0.2) is 28.8 Å². The highest BCUT2D eigenvalue weighted by Crippen LogP contribution is 2.22. The molecule has 0 saturated carbocycles. The van der Waals surface area contributed by atoms with E-state index in [4.69, 9.17) is 28.3 Å². The van der Waals surface area contributed by atoms with Crippen molar-refractivity contribution in [3.05, 3.63) is 51.3 Å². The first-order valence-electron chi connectivity index (χ1n) is 8.94. The SMILES string of the molecule is CN=C(NCc1ccc(Cl)cc1Cl)NC1CCc2cn(C(C)C)nc2C1. The molecule has 1 atom stereocenters. The van der Waals surface area contributed by atoms with Gasteiger partial charge in [-0.15, -0.1) is 0 Å². The van der Waals surface area contributed by atoms with Gasteiger partial charge in [0, 0.05) is 48.3 Å². The van der Waals surface area contributed by atoms with Gasteiger partial charge in [0.15, 0.2) is 5.96 Å². The van der Waals surface area contributed by atoms with Crippen LogP contribution in [0.2, 0.25) is 10.0 Å². The smallest absolute Gasteiger partial charge is 0.191 e. The number of nitrogens with zero attached hydrogens (tertiary/aromatic N) is 3. The van der Waals surface area contributed by atoms with E-state index in [1.807, 2.05) is 12.1 Å². The zero-order valence-corrected chi connectivity index (χ0v) is 16.9. The highest BCUT2D eigenvalue weighted by Gasteiger charge is 2.23. The lowest BCUT2D eigenvalue weighted by Gasteiger charge is -2.24. The quantitative estimate of drug-likeness (QED) is 0.609. The van der Waals surface area contributed by atoms with Crippen LogP contribution in [0.15, 0.2) is 29.4 Å². The number of aliphatic imine (C=N–C) groups is 1. The van der Waals surface area contributed by atoms with Gasteiger partial charge in [0.2, 0.25) is 0 Å². The van der Waals surface area contributed by atoms with Gasteiger partial charge in [0.1, 0.15) is 0 Å². The maximum atomic E-state index is 6.24. The topological polar surface area (TPSA) is 54.2 Å². The van der Waals surface area contributed by atoms with Gasteiger partial charge >= 0.3 is 0 Å². The number of nitrogens with one attached hydrogen (secondary N) is 2. The Morgan fingerprint density at radius 3 is 2.88 bits per heavy atom. The van der Waals surface area contributed by atoms with E-state index in [1.54, 1.807) is 13.1 Å². The standard InChI is InChI=1S/C19H25Cl2N5/c1-12(2)26-11-14-5-7-16(9-18(14)25-26)24-19(22-3)23-10-13-4-6-15(20)8-17(13)21/h4,6,8,11-12,16H,5,7,9-10H2,1-3H3,(H2,22,23,24). The number of rotatable bonds is 4. The van der Waals surface area contributed by atoms with E-state index in [0.29, 0.717) is 28.7 Å². The van der Waals surface area contributed by atoms with Crippen LogP contribution < -0.4 is 10.6 Å². The van der Waals surface area contributed by atoms with Gasteiger partial charge in [0.25, 0.3) is 0 Å². The maximum Gasteiger partial charge on any atom is 0.191 e. The molecule has 0 saturated heterocycles. The molecule has 0 fully saturated rings. The van der Waals surface area contributed by atoms with Crippen molar-refractivity contribution in [2.24, 2.45) is 4.99 Å². The van der Waals surface area contributed by atoms with E-state index in [0.717, 1.165) is 30.8 Å². The fourth-order valence-corrected chi connectivity index (χ4v) is 3.61. The second-order valence-electron chi connectivity index (χ2n) is 6.92. The molecule has 0 bridgehead atoms. The average molecular weight is 394 g/mol. The first-order chi connectivity index (χ1) is 12.5. The van der Waals surface area contributed by atoms with E-state index >= 15 is 0 Å². The number of hydrogen-bond donors (Lipinski definition) is 2. The Morgan fingerprint density at radius 1 is 1.38 bits per heavy atom. The predicted octanol–water partition coefficient (Wildman–Crippen LogP) is 3.99. The van der Waals surface area contributed by atoms with Crippen molar-refractivity contribution >= 4 is 29.2 Å². The van der Waals surface area contributed by atoms with Crippen molar-refractivity contribution in [2.45, 2.75) is 51.7 Å². The van der Waals surface area contributed by atoms with Crippen LogP contribution in [-0.2, 0) is 19.4 Å². The lowest BCUT2D eigenvalue weighted by Crippen LogP contribution is -2.45. The summed E-state index contributed by atoms with van der Waals surface area (Å²) in [6.07, 6.45) is 5.21. The van der Waals surface area contributed by atoms with Crippen LogP contribution in [0.3, 0.4) is 0 Å².